The number of benzene rings is 1. The van der Waals surface area contributed by atoms with E-state index in [9.17, 15) is 13.6 Å². The minimum absolute atomic E-state index is 0.0850. The quantitative estimate of drug-likeness (QED) is 0.906. The lowest BCUT2D eigenvalue weighted by molar-refractivity contribution is -0.116. The molecule has 0 aliphatic heterocycles. The zero-order valence-electron chi connectivity index (χ0n) is 9.41. The number of rotatable bonds is 3. The van der Waals surface area contributed by atoms with Crippen molar-refractivity contribution in [1.29, 1.82) is 0 Å². The van der Waals surface area contributed by atoms with Gasteiger partial charge in [-0.1, -0.05) is 11.2 Å². The van der Waals surface area contributed by atoms with E-state index in [2.05, 4.69) is 15.5 Å². The highest BCUT2D eigenvalue weighted by molar-refractivity contribution is 5.91. The summed E-state index contributed by atoms with van der Waals surface area (Å²) in [6.45, 7) is 1.60. The Morgan fingerprint density at radius 3 is 2.61 bits per heavy atom. The first kappa shape index (κ1) is 12.2. The molecule has 2 rings (SSSR count). The van der Waals surface area contributed by atoms with Crippen LogP contribution in [-0.2, 0) is 11.2 Å². The average molecular weight is 253 g/mol. The third-order valence-electron chi connectivity index (χ3n) is 2.11. The summed E-state index contributed by atoms with van der Waals surface area (Å²) in [5, 5.41) is 5.62. The van der Waals surface area contributed by atoms with Gasteiger partial charge in [0.05, 0.1) is 0 Å². The number of halogens is 2. The third kappa shape index (κ3) is 2.68. The predicted molar refractivity (Wildman–Crippen MR) is 57.7 cm³/mol. The molecule has 1 amide bonds. The maximum absolute atomic E-state index is 13.2. The summed E-state index contributed by atoms with van der Waals surface area (Å²) in [5.41, 5.74) is -0.487. The van der Waals surface area contributed by atoms with Gasteiger partial charge in [-0.2, -0.15) is 4.98 Å². The van der Waals surface area contributed by atoms with Gasteiger partial charge >= 0.3 is 0 Å². The number of aromatic nitrogens is 2. The topological polar surface area (TPSA) is 68.0 Å². The number of anilines is 1. The molecule has 1 aromatic carbocycles. The number of carbonyl (C=O) groups is 1. The Morgan fingerprint density at radius 2 is 2.06 bits per heavy atom. The number of aryl methyl sites for hydroxylation is 1. The van der Waals surface area contributed by atoms with Crippen LogP contribution in [0.15, 0.2) is 22.7 Å². The maximum Gasteiger partial charge on any atom is 0.236 e. The number of amides is 1. The minimum Gasteiger partial charge on any atom is -0.339 e. The number of para-hydroxylation sites is 1. The van der Waals surface area contributed by atoms with Crippen molar-refractivity contribution in [2.24, 2.45) is 0 Å². The van der Waals surface area contributed by atoms with Crippen molar-refractivity contribution >= 4 is 11.6 Å². The Kier molecular flexibility index (Phi) is 3.31. The smallest absolute Gasteiger partial charge is 0.236 e. The van der Waals surface area contributed by atoms with Crippen LogP contribution in [0, 0.1) is 18.6 Å². The van der Waals surface area contributed by atoms with Crippen LogP contribution in [0.1, 0.15) is 11.7 Å². The molecule has 5 nitrogen and oxygen atoms in total. The zero-order chi connectivity index (χ0) is 13.1. The van der Waals surface area contributed by atoms with E-state index in [1.54, 1.807) is 6.92 Å². The predicted octanol–water partition coefficient (Wildman–Crippen LogP) is 1.84. The van der Waals surface area contributed by atoms with E-state index in [1.807, 2.05) is 0 Å². The molecule has 2 aromatic rings. The third-order valence-corrected chi connectivity index (χ3v) is 2.11. The highest BCUT2D eigenvalue weighted by Crippen LogP contribution is 2.18. The van der Waals surface area contributed by atoms with Crippen LogP contribution >= 0.6 is 0 Å². The van der Waals surface area contributed by atoms with Crippen molar-refractivity contribution in [3.05, 3.63) is 41.5 Å². The Morgan fingerprint density at radius 1 is 1.39 bits per heavy atom. The van der Waals surface area contributed by atoms with E-state index >= 15 is 0 Å². The summed E-state index contributed by atoms with van der Waals surface area (Å²) in [7, 11) is 0. The van der Waals surface area contributed by atoms with Gasteiger partial charge in [0, 0.05) is 0 Å². The average Bonchev–Trinajstić information content (AvgIpc) is 2.69. The Hall–Kier alpha value is -2.31. The second-order valence-electron chi connectivity index (χ2n) is 3.56. The fraction of sp³-hybridized carbons (Fsp3) is 0.182. The number of nitrogens with one attached hydrogen (secondary N) is 1. The maximum atomic E-state index is 13.2. The van der Waals surface area contributed by atoms with Gasteiger partial charge in [-0.05, 0) is 19.1 Å². The van der Waals surface area contributed by atoms with E-state index in [-0.39, 0.29) is 12.3 Å². The van der Waals surface area contributed by atoms with Gasteiger partial charge in [-0.15, -0.1) is 0 Å². The van der Waals surface area contributed by atoms with Crippen molar-refractivity contribution < 1.29 is 18.1 Å². The first-order chi connectivity index (χ1) is 8.56. The lowest BCUT2D eigenvalue weighted by Gasteiger charge is -2.05. The number of hydrogen-bond donors (Lipinski definition) is 1. The highest BCUT2D eigenvalue weighted by Gasteiger charge is 2.14. The van der Waals surface area contributed by atoms with E-state index in [0.717, 1.165) is 12.1 Å². The summed E-state index contributed by atoms with van der Waals surface area (Å²) in [5.74, 6) is -1.85. The van der Waals surface area contributed by atoms with Gasteiger partial charge in [0.15, 0.2) is 5.82 Å². The van der Waals surface area contributed by atoms with Crippen molar-refractivity contribution in [2.45, 2.75) is 13.3 Å². The van der Waals surface area contributed by atoms with Gasteiger partial charge in [-0.3, -0.25) is 4.79 Å². The van der Waals surface area contributed by atoms with E-state index < -0.39 is 23.2 Å². The standard InChI is InChI=1S/C11H9F2N3O2/c1-6-14-10(18-16-6)5-9(17)15-11-7(12)3-2-4-8(11)13/h2-4H,5H2,1H3,(H,15,17). The van der Waals surface area contributed by atoms with Gasteiger partial charge in [-0.25, -0.2) is 8.78 Å². The lowest BCUT2D eigenvalue weighted by Crippen LogP contribution is -2.16. The van der Waals surface area contributed by atoms with Gasteiger partial charge in [0.25, 0.3) is 0 Å². The van der Waals surface area contributed by atoms with Gasteiger partial charge < -0.3 is 9.84 Å². The summed E-state index contributed by atoms with van der Waals surface area (Å²) < 4.78 is 31.2. The summed E-state index contributed by atoms with van der Waals surface area (Å²) >= 11 is 0. The molecule has 1 aromatic heterocycles. The van der Waals surface area contributed by atoms with Crippen LogP contribution < -0.4 is 5.32 Å². The Bertz CT molecular complexity index is 563. The van der Waals surface area contributed by atoms with Crippen LogP contribution in [0.4, 0.5) is 14.5 Å². The molecule has 0 atom stereocenters. The highest BCUT2D eigenvalue weighted by atomic mass is 19.1. The first-order valence-electron chi connectivity index (χ1n) is 5.09. The van der Waals surface area contributed by atoms with Crippen LogP contribution in [-0.4, -0.2) is 16.0 Å². The van der Waals surface area contributed by atoms with Crippen LogP contribution in [0.2, 0.25) is 0 Å². The zero-order valence-corrected chi connectivity index (χ0v) is 9.41. The van der Waals surface area contributed by atoms with Crippen molar-refractivity contribution in [3.8, 4) is 0 Å². The summed E-state index contributed by atoms with van der Waals surface area (Å²) in [6, 6.07) is 3.31. The molecule has 94 valence electrons. The van der Waals surface area contributed by atoms with E-state index in [1.165, 1.54) is 6.07 Å². The monoisotopic (exact) mass is 253 g/mol. The molecule has 0 unspecified atom stereocenters. The Balaban J connectivity index is 2.08. The number of carbonyl (C=O) groups excluding carboxylic acids is 1. The second kappa shape index (κ2) is 4.91. The second-order valence-corrected chi connectivity index (χ2v) is 3.56. The lowest BCUT2D eigenvalue weighted by atomic mass is 10.2. The van der Waals surface area contributed by atoms with Crippen molar-refractivity contribution in [2.75, 3.05) is 5.32 Å². The molecule has 0 saturated carbocycles. The fourth-order valence-corrected chi connectivity index (χ4v) is 1.35. The molecular weight excluding hydrogens is 244 g/mol. The summed E-state index contributed by atoms with van der Waals surface area (Å²) in [4.78, 5) is 15.3. The normalized spacial score (nSPS) is 10.4. The molecule has 0 fully saturated rings. The molecule has 1 heterocycles. The van der Waals surface area contributed by atoms with Crippen molar-refractivity contribution in [3.63, 3.8) is 0 Å². The van der Waals surface area contributed by atoms with Gasteiger partial charge in [0.1, 0.15) is 23.7 Å². The molecule has 0 aliphatic carbocycles. The first-order valence-corrected chi connectivity index (χ1v) is 5.09. The minimum atomic E-state index is -0.843. The molecule has 0 spiro atoms. The number of nitrogens with zero attached hydrogens (tertiary/aromatic N) is 2. The number of hydrogen-bond acceptors (Lipinski definition) is 4. The molecule has 0 bridgehead atoms. The van der Waals surface area contributed by atoms with Crippen LogP contribution in [0.25, 0.3) is 0 Å². The Labute approximate surface area is 101 Å². The SMILES string of the molecule is Cc1noc(CC(=O)Nc2c(F)cccc2F)n1. The van der Waals surface area contributed by atoms with Gasteiger partial charge in [0.2, 0.25) is 11.8 Å². The molecule has 0 saturated heterocycles. The van der Waals surface area contributed by atoms with Crippen LogP contribution in [0.3, 0.4) is 0 Å². The molecule has 7 heteroatoms. The van der Waals surface area contributed by atoms with E-state index in [0.29, 0.717) is 5.82 Å². The molecule has 1 N–H and O–H groups in total. The fourth-order valence-electron chi connectivity index (χ4n) is 1.35. The molecule has 18 heavy (non-hydrogen) atoms. The largest absolute Gasteiger partial charge is 0.339 e. The van der Waals surface area contributed by atoms with E-state index in [4.69, 9.17) is 4.52 Å². The summed E-state index contributed by atoms with van der Waals surface area (Å²) in [6.07, 6.45) is -0.241. The molecular formula is C11H9F2N3O2. The van der Waals surface area contributed by atoms with Crippen molar-refractivity contribution in [1.82, 2.24) is 10.1 Å². The molecule has 0 aliphatic rings. The molecule has 0 radical (unpaired) electrons. The van der Waals surface area contributed by atoms with Crippen LogP contribution in [0.5, 0.6) is 0 Å².